The third-order valence-corrected chi connectivity index (χ3v) is 5.76. The topological polar surface area (TPSA) is 32.3 Å². The first-order chi connectivity index (χ1) is 12.7. The summed E-state index contributed by atoms with van der Waals surface area (Å²) in [5, 5.41) is 0.847. The van der Waals surface area contributed by atoms with Gasteiger partial charge >= 0.3 is 0 Å². The number of piperidine rings is 1. The van der Waals surface area contributed by atoms with E-state index in [1.807, 2.05) is 18.6 Å². The highest BCUT2D eigenvalue weighted by molar-refractivity contribution is 7.98. The first kappa shape index (κ1) is 19.3. The van der Waals surface area contributed by atoms with E-state index in [1.54, 1.807) is 11.8 Å². The highest BCUT2D eigenvalue weighted by Crippen LogP contribution is 2.19. The zero-order valence-corrected chi connectivity index (χ0v) is 16.8. The summed E-state index contributed by atoms with van der Waals surface area (Å²) in [5.41, 5.74) is 2.62. The number of rotatable bonds is 8. The Hall–Kier alpha value is -1.43. The van der Waals surface area contributed by atoms with Gasteiger partial charge < -0.3 is 4.90 Å². The maximum absolute atomic E-state index is 4.44. The molecule has 1 saturated heterocycles. The molecule has 3 rings (SSSR count). The summed E-state index contributed by atoms with van der Waals surface area (Å²) in [5.74, 6) is 0.799. The van der Waals surface area contributed by atoms with E-state index in [1.165, 1.54) is 43.6 Å². The smallest absolute Gasteiger partial charge is 0.187 e. The van der Waals surface area contributed by atoms with Crippen molar-refractivity contribution in [2.24, 2.45) is 5.92 Å². The lowest BCUT2D eigenvalue weighted by molar-refractivity contribution is 0.156. The average molecular weight is 371 g/mol. The van der Waals surface area contributed by atoms with Crippen LogP contribution in [0.25, 0.3) is 0 Å². The van der Waals surface area contributed by atoms with Crippen molar-refractivity contribution in [3.63, 3.8) is 0 Å². The Bertz CT molecular complexity index is 639. The zero-order valence-electron chi connectivity index (χ0n) is 16.0. The number of hydrogen-bond donors (Lipinski definition) is 0. The summed E-state index contributed by atoms with van der Waals surface area (Å²) in [4.78, 5) is 13.9. The van der Waals surface area contributed by atoms with Gasteiger partial charge in [0.1, 0.15) is 0 Å². The lowest BCUT2D eigenvalue weighted by Crippen LogP contribution is -2.37. The van der Waals surface area contributed by atoms with E-state index in [0.29, 0.717) is 0 Å². The van der Waals surface area contributed by atoms with Crippen LogP contribution in [0.3, 0.4) is 0 Å². The Morgan fingerprint density at radius 1 is 1.08 bits per heavy atom. The Labute approximate surface area is 162 Å². The monoisotopic (exact) mass is 370 g/mol. The van der Waals surface area contributed by atoms with Gasteiger partial charge in [-0.3, -0.25) is 4.90 Å². The van der Waals surface area contributed by atoms with Gasteiger partial charge in [-0.05, 0) is 57.1 Å². The molecular weight excluding hydrogens is 340 g/mol. The lowest BCUT2D eigenvalue weighted by atomic mass is 9.96. The van der Waals surface area contributed by atoms with Gasteiger partial charge in [-0.1, -0.05) is 42.1 Å². The fraction of sp³-hybridized carbons (Fsp3) is 0.524. The molecule has 1 fully saturated rings. The maximum atomic E-state index is 4.44. The van der Waals surface area contributed by atoms with Crippen molar-refractivity contribution in [1.82, 2.24) is 19.8 Å². The van der Waals surface area contributed by atoms with Gasteiger partial charge in [-0.25, -0.2) is 9.97 Å². The second-order valence-electron chi connectivity index (χ2n) is 7.30. The van der Waals surface area contributed by atoms with Gasteiger partial charge in [0.05, 0.1) is 0 Å². The Kier molecular flexibility index (Phi) is 7.47. The van der Waals surface area contributed by atoms with Gasteiger partial charge in [0, 0.05) is 37.6 Å². The van der Waals surface area contributed by atoms with Crippen LogP contribution in [0.15, 0.2) is 47.9 Å². The van der Waals surface area contributed by atoms with Gasteiger partial charge in [-0.2, -0.15) is 0 Å². The van der Waals surface area contributed by atoms with Gasteiger partial charge in [0.2, 0.25) is 0 Å². The van der Waals surface area contributed by atoms with E-state index >= 15 is 0 Å². The van der Waals surface area contributed by atoms with Crippen LogP contribution >= 0.6 is 11.8 Å². The maximum Gasteiger partial charge on any atom is 0.187 e. The van der Waals surface area contributed by atoms with Crippen LogP contribution in [0, 0.1) is 5.92 Å². The number of hydrogen-bond acceptors (Lipinski definition) is 5. The summed E-state index contributed by atoms with van der Waals surface area (Å²) in [6.07, 6.45) is 9.70. The summed E-state index contributed by atoms with van der Waals surface area (Å²) in [6, 6.07) is 10.8. The Morgan fingerprint density at radius 2 is 1.77 bits per heavy atom. The molecule has 1 aliphatic rings. The summed E-state index contributed by atoms with van der Waals surface area (Å²) in [6.45, 7) is 5.64. The molecule has 1 aromatic heterocycles. The van der Waals surface area contributed by atoms with Crippen molar-refractivity contribution in [2.45, 2.75) is 31.0 Å². The van der Waals surface area contributed by atoms with Crippen LogP contribution in [0.4, 0.5) is 0 Å². The predicted octanol–water partition coefficient (Wildman–Crippen LogP) is 3.59. The summed E-state index contributed by atoms with van der Waals surface area (Å²) >= 11 is 1.59. The van der Waals surface area contributed by atoms with Crippen LogP contribution in [0.1, 0.15) is 24.0 Å². The molecule has 0 radical (unpaired) electrons. The number of likely N-dealkylation sites (tertiary alicyclic amines) is 1. The third kappa shape index (κ3) is 6.08. The molecule has 0 atom stereocenters. The number of benzene rings is 1. The van der Waals surface area contributed by atoms with E-state index < -0.39 is 0 Å². The van der Waals surface area contributed by atoms with Crippen LogP contribution in [0.2, 0.25) is 0 Å². The molecule has 1 aromatic carbocycles. The van der Waals surface area contributed by atoms with Crippen LogP contribution in [-0.4, -0.2) is 59.3 Å². The van der Waals surface area contributed by atoms with E-state index in [9.17, 15) is 0 Å². The van der Waals surface area contributed by atoms with Crippen molar-refractivity contribution in [2.75, 3.05) is 39.5 Å². The predicted molar refractivity (Wildman–Crippen MR) is 109 cm³/mol. The van der Waals surface area contributed by atoms with Crippen molar-refractivity contribution in [3.05, 3.63) is 53.9 Å². The van der Waals surface area contributed by atoms with E-state index in [-0.39, 0.29) is 0 Å². The van der Waals surface area contributed by atoms with Crippen LogP contribution < -0.4 is 0 Å². The first-order valence-electron chi connectivity index (χ1n) is 9.52. The third-order valence-electron chi connectivity index (χ3n) is 5.18. The van der Waals surface area contributed by atoms with Crippen LogP contribution in [0.5, 0.6) is 0 Å². The van der Waals surface area contributed by atoms with E-state index in [0.717, 1.165) is 30.6 Å². The average Bonchev–Trinajstić information content (AvgIpc) is 2.69. The second-order valence-corrected chi connectivity index (χ2v) is 8.07. The highest BCUT2D eigenvalue weighted by atomic mass is 32.2. The molecule has 0 bridgehead atoms. The van der Waals surface area contributed by atoms with Crippen molar-refractivity contribution < 1.29 is 0 Å². The van der Waals surface area contributed by atoms with E-state index in [2.05, 4.69) is 57.1 Å². The van der Waals surface area contributed by atoms with Gasteiger partial charge in [0.25, 0.3) is 0 Å². The second kappa shape index (κ2) is 10.0. The minimum atomic E-state index is 0.799. The molecule has 2 aromatic rings. The molecular formula is C21H30N4S. The molecule has 0 amide bonds. The SMILES string of the molecule is CSc1ncc(CN(CCc2ccccc2)CC2CCN(C)CC2)cn1. The van der Waals surface area contributed by atoms with Crippen LogP contribution in [-0.2, 0) is 13.0 Å². The standard InChI is InChI=1S/C21H30N4S/c1-24-11-8-19(9-12-24)16-25(13-10-18-6-4-3-5-7-18)17-20-14-22-21(26-2)23-15-20/h3-7,14-15,19H,8-13,16-17H2,1-2H3. The van der Waals surface area contributed by atoms with E-state index in [4.69, 9.17) is 0 Å². The summed E-state index contributed by atoms with van der Waals surface area (Å²) < 4.78 is 0. The van der Waals surface area contributed by atoms with Gasteiger partial charge in [-0.15, -0.1) is 0 Å². The highest BCUT2D eigenvalue weighted by Gasteiger charge is 2.20. The van der Waals surface area contributed by atoms with Gasteiger partial charge in [0.15, 0.2) is 5.16 Å². The molecule has 1 aliphatic heterocycles. The van der Waals surface area contributed by atoms with Crippen molar-refractivity contribution in [3.8, 4) is 0 Å². The van der Waals surface area contributed by atoms with Crippen molar-refractivity contribution in [1.29, 1.82) is 0 Å². The molecule has 0 saturated carbocycles. The molecule has 140 valence electrons. The molecule has 0 aliphatic carbocycles. The Balaban J connectivity index is 1.61. The molecule has 0 unspecified atom stereocenters. The largest absolute Gasteiger partial charge is 0.306 e. The lowest BCUT2D eigenvalue weighted by Gasteiger charge is -2.33. The summed E-state index contributed by atoms with van der Waals surface area (Å²) in [7, 11) is 2.23. The number of nitrogens with zero attached hydrogens (tertiary/aromatic N) is 4. The molecule has 2 heterocycles. The fourth-order valence-corrected chi connectivity index (χ4v) is 3.88. The number of aromatic nitrogens is 2. The molecule has 5 heteroatoms. The minimum absolute atomic E-state index is 0.799. The number of thioether (sulfide) groups is 1. The molecule has 26 heavy (non-hydrogen) atoms. The fourth-order valence-electron chi connectivity index (χ4n) is 3.56. The zero-order chi connectivity index (χ0) is 18.2. The quantitative estimate of drug-likeness (QED) is 0.524. The Morgan fingerprint density at radius 3 is 2.42 bits per heavy atom. The molecule has 0 N–H and O–H groups in total. The minimum Gasteiger partial charge on any atom is -0.306 e. The molecule has 4 nitrogen and oxygen atoms in total. The van der Waals surface area contributed by atoms with Crippen molar-refractivity contribution >= 4 is 11.8 Å². The molecule has 0 spiro atoms. The normalized spacial score (nSPS) is 16.3. The first-order valence-corrected chi connectivity index (χ1v) is 10.7.